The summed E-state index contributed by atoms with van der Waals surface area (Å²) in [7, 11) is -2.04. The van der Waals surface area contributed by atoms with Crippen molar-refractivity contribution < 1.29 is 19.4 Å². The minimum Gasteiger partial charge on any atom is -0.481 e. The normalized spacial score (nSPS) is 16.1. The van der Waals surface area contributed by atoms with Gasteiger partial charge in [-0.05, 0) is 66.0 Å². The van der Waals surface area contributed by atoms with Gasteiger partial charge in [0, 0.05) is 0 Å². The van der Waals surface area contributed by atoms with Crippen LogP contribution in [-0.2, 0) is 9.22 Å². The number of carboxylic acids is 1. The van der Waals surface area contributed by atoms with Crippen LogP contribution >= 0.6 is 0 Å². The van der Waals surface area contributed by atoms with E-state index in [0.29, 0.717) is 0 Å². The molecule has 2 rings (SSSR count). The van der Waals surface area contributed by atoms with Crippen LogP contribution < -0.4 is 0 Å². The first-order valence-electron chi connectivity index (χ1n) is 10.0. The van der Waals surface area contributed by atoms with E-state index in [1.165, 1.54) is 0 Å². The molecule has 0 aliphatic heterocycles. The van der Waals surface area contributed by atoms with Crippen molar-refractivity contribution in [2.45, 2.75) is 58.9 Å². The van der Waals surface area contributed by atoms with Crippen LogP contribution in [-0.4, -0.2) is 31.1 Å². The van der Waals surface area contributed by atoms with Crippen molar-refractivity contribution in [2.75, 3.05) is 6.61 Å². The smallest absolute Gasteiger partial charge is 0.315 e. The molecule has 0 aliphatic carbocycles. The van der Waals surface area contributed by atoms with Crippen molar-refractivity contribution in [3.63, 3.8) is 0 Å². The fourth-order valence-electron chi connectivity index (χ4n) is 2.66. The predicted molar refractivity (Wildman–Crippen MR) is 123 cm³/mol. The molecule has 0 amide bonds. The zero-order chi connectivity index (χ0) is 22.0. The molecule has 2 aromatic rings. The van der Waals surface area contributed by atoms with E-state index in [4.69, 9.17) is 4.43 Å². The maximum Gasteiger partial charge on any atom is 0.315 e. The number of fused-ring (bicyclic) bond motifs is 1. The number of carboxylic acid groups (broad SMARTS) is 1. The molecule has 2 atom stereocenters. The Hall–Kier alpha value is -1.95. The largest absolute Gasteiger partial charge is 0.481 e. The van der Waals surface area contributed by atoms with Gasteiger partial charge in [0.2, 0.25) is 0 Å². The maximum absolute atomic E-state index is 12.0. The highest BCUT2D eigenvalue weighted by molar-refractivity contribution is 6.74. The number of benzene rings is 2. The molecule has 2 aromatic carbocycles. The molecule has 29 heavy (non-hydrogen) atoms. The molecular formula is C24H34O4Si. The summed E-state index contributed by atoms with van der Waals surface area (Å²) in [6.45, 7) is 14.3. The van der Waals surface area contributed by atoms with E-state index in [1.54, 1.807) is 19.9 Å². The Labute approximate surface area is 175 Å². The van der Waals surface area contributed by atoms with Crippen LogP contribution in [0.25, 0.3) is 16.8 Å². The fourth-order valence-corrected chi connectivity index (χ4v) is 3.75. The highest BCUT2D eigenvalue weighted by Crippen LogP contribution is 2.38. The monoisotopic (exact) mass is 414 g/mol. The Morgan fingerprint density at radius 2 is 1.72 bits per heavy atom. The second-order valence-electron chi connectivity index (χ2n) is 9.65. The highest BCUT2D eigenvalue weighted by atomic mass is 28.4. The average molecular weight is 415 g/mol. The Morgan fingerprint density at radius 1 is 1.10 bits per heavy atom. The molecule has 4 nitrogen and oxygen atoms in total. The molecule has 0 saturated heterocycles. The number of rotatable bonds is 7. The average Bonchev–Trinajstić information content (AvgIpc) is 2.63. The molecule has 0 radical (unpaired) electrons. The number of aliphatic hydroxyl groups is 1. The first kappa shape index (κ1) is 23.3. The number of aliphatic hydroxyl groups excluding tert-OH is 1. The summed E-state index contributed by atoms with van der Waals surface area (Å²) >= 11 is 0. The van der Waals surface area contributed by atoms with Crippen molar-refractivity contribution in [1.29, 1.82) is 0 Å². The van der Waals surface area contributed by atoms with Gasteiger partial charge in [-0.3, -0.25) is 4.79 Å². The zero-order valence-corrected chi connectivity index (χ0v) is 19.6. The van der Waals surface area contributed by atoms with E-state index in [9.17, 15) is 15.0 Å². The summed E-state index contributed by atoms with van der Waals surface area (Å²) in [4.78, 5) is 12.0. The molecule has 2 N–H and O–H groups in total. The quantitative estimate of drug-likeness (QED) is 0.544. The van der Waals surface area contributed by atoms with E-state index in [-0.39, 0.29) is 11.6 Å². The van der Waals surface area contributed by atoms with Crippen LogP contribution in [0, 0.1) is 5.41 Å². The van der Waals surface area contributed by atoms with Crippen molar-refractivity contribution in [3.8, 4) is 0 Å². The van der Waals surface area contributed by atoms with Crippen LogP contribution in [0.4, 0.5) is 0 Å². The third-order valence-electron chi connectivity index (χ3n) is 6.04. The number of carbonyl (C=O) groups is 1. The molecule has 158 valence electrons. The van der Waals surface area contributed by atoms with Gasteiger partial charge in [0.25, 0.3) is 0 Å². The standard InChI is InChI=1S/C24H34O4Si/c1-17(25)20-11-10-19-9-8-18(14-21(19)15-20)12-13-24(5,22(26)27)16-28-29(6,7)23(2,3)4/h8-15,17,25H,16H2,1-7H3,(H,26,27)/b13-12+/t17-,24-/m1/s1. The van der Waals surface area contributed by atoms with Crippen LogP contribution in [0.2, 0.25) is 18.1 Å². The number of hydrogen-bond donors (Lipinski definition) is 2. The highest BCUT2D eigenvalue weighted by Gasteiger charge is 2.40. The lowest BCUT2D eigenvalue weighted by Crippen LogP contribution is -2.44. The first-order valence-corrected chi connectivity index (χ1v) is 12.9. The summed E-state index contributed by atoms with van der Waals surface area (Å²) in [5.74, 6) is -0.898. The molecule has 0 heterocycles. The van der Waals surface area contributed by atoms with Gasteiger partial charge in [0.1, 0.15) is 5.41 Å². The summed E-state index contributed by atoms with van der Waals surface area (Å²) in [5.41, 5.74) is 0.670. The summed E-state index contributed by atoms with van der Waals surface area (Å²) in [5, 5.41) is 21.8. The maximum atomic E-state index is 12.0. The third kappa shape index (κ3) is 5.56. The minimum atomic E-state index is -2.04. The summed E-state index contributed by atoms with van der Waals surface area (Å²) in [6.07, 6.45) is 3.04. The van der Waals surface area contributed by atoms with Crippen LogP contribution in [0.1, 0.15) is 51.8 Å². The van der Waals surface area contributed by atoms with Crippen molar-refractivity contribution in [2.24, 2.45) is 5.41 Å². The van der Waals surface area contributed by atoms with Crippen molar-refractivity contribution in [1.82, 2.24) is 0 Å². The lowest BCUT2D eigenvalue weighted by Gasteiger charge is -2.38. The minimum absolute atomic E-state index is 0.0238. The molecule has 0 saturated carbocycles. The lowest BCUT2D eigenvalue weighted by molar-refractivity contribution is -0.146. The van der Waals surface area contributed by atoms with Gasteiger partial charge in [0.05, 0.1) is 12.7 Å². The zero-order valence-electron chi connectivity index (χ0n) is 18.6. The van der Waals surface area contributed by atoms with Crippen molar-refractivity contribution >= 4 is 31.1 Å². The molecular weight excluding hydrogens is 380 g/mol. The fraction of sp³-hybridized carbons (Fsp3) is 0.458. The second kappa shape index (κ2) is 8.42. The van der Waals surface area contributed by atoms with Crippen molar-refractivity contribution in [3.05, 3.63) is 53.6 Å². The second-order valence-corrected chi connectivity index (χ2v) is 14.5. The van der Waals surface area contributed by atoms with E-state index < -0.39 is 25.8 Å². The van der Waals surface area contributed by atoms with E-state index >= 15 is 0 Å². The van der Waals surface area contributed by atoms with E-state index in [2.05, 4.69) is 33.9 Å². The van der Waals surface area contributed by atoms with Gasteiger partial charge in [0.15, 0.2) is 8.32 Å². The molecule has 0 fully saturated rings. The predicted octanol–water partition coefficient (Wildman–Crippen LogP) is 6.02. The van der Waals surface area contributed by atoms with Gasteiger partial charge in [-0.25, -0.2) is 0 Å². The van der Waals surface area contributed by atoms with Gasteiger partial charge < -0.3 is 14.6 Å². The van der Waals surface area contributed by atoms with Crippen LogP contribution in [0.5, 0.6) is 0 Å². The first-order chi connectivity index (χ1) is 13.2. The molecule has 0 bridgehead atoms. The van der Waals surface area contributed by atoms with Gasteiger partial charge in [-0.1, -0.05) is 57.2 Å². The molecule has 0 aliphatic rings. The van der Waals surface area contributed by atoms with Crippen LogP contribution in [0.15, 0.2) is 42.5 Å². The SMILES string of the molecule is C[C@@H](O)c1ccc2ccc(/C=C/[C@](C)(CO[Si](C)(C)C(C)(C)C)C(=O)O)cc2c1. The molecule has 0 aromatic heterocycles. The molecule has 5 heteroatoms. The third-order valence-corrected chi connectivity index (χ3v) is 10.5. The Bertz CT molecular complexity index is 909. The molecule has 0 unspecified atom stereocenters. The Balaban J connectivity index is 2.28. The Kier molecular flexibility index (Phi) is 6.77. The number of hydrogen-bond acceptors (Lipinski definition) is 3. The summed E-state index contributed by atoms with van der Waals surface area (Å²) < 4.78 is 6.20. The van der Waals surface area contributed by atoms with E-state index in [1.807, 2.05) is 42.5 Å². The number of aliphatic carboxylic acids is 1. The molecule has 0 spiro atoms. The Morgan fingerprint density at radius 3 is 2.28 bits per heavy atom. The lowest BCUT2D eigenvalue weighted by atomic mass is 9.90. The van der Waals surface area contributed by atoms with Gasteiger partial charge >= 0.3 is 5.97 Å². The van der Waals surface area contributed by atoms with E-state index in [0.717, 1.165) is 21.9 Å². The van der Waals surface area contributed by atoms with Gasteiger partial charge in [-0.2, -0.15) is 0 Å². The summed E-state index contributed by atoms with van der Waals surface area (Å²) in [6, 6.07) is 11.9. The van der Waals surface area contributed by atoms with Gasteiger partial charge in [-0.15, -0.1) is 0 Å². The topological polar surface area (TPSA) is 66.8 Å². The van der Waals surface area contributed by atoms with Crippen LogP contribution in [0.3, 0.4) is 0 Å².